The first-order valence-electron chi connectivity index (χ1n) is 5.94. The molecule has 2 atom stereocenters. The number of hydrogen-bond acceptors (Lipinski definition) is 2. The van der Waals surface area contributed by atoms with Crippen LogP contribution in [0, 0.1) is 11.3 Å². The third-order valence-corrected chi connectivity index (χ3v) is 3.49. The third kappa shape index (κ3) is 3.97. The van der Waals surface area contributed by atoms with Gasteiger partial charge in [0.25, 0.3) is 0 Å². The van der Waals surface area contributed by atoms with Crippen LogP contribution in [0.3, 0.4) is 0 Å². The predicted octanol–water partition coefficient (Wildman–Crippen LogP) is 2.01. The van der Waals surface area contributed by atoms with Crippen molar-refractivity contribution in [2.24, 2.45) is 11.3 Å². The average Bonchev–Trinajstić information content (AvgIpc) is 2.14. The Morgan fingerprint density at radius 2 is 2.14 bits per heavy atom. The quantitative estimate of drug-likeness (QED) is 0.725. The van der Waals surface area contributed by atoms with E-state index in [4.69, 9.17) is 0 Å². The molecule has 1 aliphatic rings. The molecule has 1 saturated heterocycles. The molecule has 0 amide bonds. The van der Waals surface area contributed by atoms with E-state index in [0.717, 1.165) is 19.0 Å². The van der Waals surface area contributed by atoms with E-state index < -0.39 is 0 Å². The van der Waals surface area contributed by atoms with Crippen molar-refractivity contribution in [1.29, 1.82) is 0 Å². The van der Waals surface area contributed by atoms with Crippen LogP contribution in [-0.4, -0.2) is 25.7 Å². The van der Waals surface area contributed by atoms with Gasteiger partial charge in [0.1, 0.15) is 0 Å². The lowest BCUT2D eigenvalue weighted by Crippen LogP contribution is -2.45. The Hall–Kier alpha value is -0.0800. The summed E-state index contributed by atoms with van der Waals surface area (Å²) in [6.45, 7) is 12.8. The van der Waals surface area contributed by atoms with Gasteiger partial charge in [-0.3, -0.25) is 0 Å². The summed E-state index contributed by atoms with van der Waals surface area (Å²) in [6, 6.07) is 0.702. The Kier molecular flexibility index (Phi) is 4.39. The summed E-state index contributed by atoms with van der Waals surface area (Å²) < 4.78 is 0. The lowest BCUT2D eigenvalue weighted by molar-refractivity contribution is 0.238. The van der Waals surface area contributed by atoms with Crippen LogP contribution < -0.4 is 10.6 Å². The molecule has 1 aliphatic heterocycles. The molecule has 0 spiro atoms. The van der Waals surface area contributed by atoms with Gasteiger partial charge in [0.15, 0.2) is 0 Å². The summed E-state index contributed by atoms with van der Waals surface area (Å²) in [5.74, 6) is 0.740. The molecule has 1 fully saturated rings. The molecule has 0 aromatic heterocycles. The van der Waals surface area contributed by atoms with Crippen molar-refractivity contribution in [3.63, 3.8) is 0 Å². The summed E-state index contributed by atoms with van der Waals surface area (Å²) >= 11 is 0. The molecule has 1 rings (SSSR count). The Morgan fingerprint density at radius 1 is 1.43 bits per heavy atom. The molecule has 2 nitrogen and oxygen atoms in total. The Bertz CT molecular complexity index is 154. The first kappa shape index (κ1) is 12.0. The van der Waals surface area contributed by atoms with Crippen molar-refractivity contribution < 1.29 is 0 Å². The zero-order valence-electron chi connectivity index (χ0n) is 10.2. The molecule has 14 heavy (non-hydrogen) atoms. The highest BCUT2D eigenvalue weighted by Gasteiger charge is 2.21. The van der Waals surface area contributed by atoms with Crippen LogP contribution in [0.5, 0.6) is 0 Å². The summed E-state index contributed by atoms with van der Waals surface area (Å²) in [6.07, 6.45) is 2.66. The monoisotopic (exact) mass is 198 g/mol. The van der Waals surface area contributed by atoms with Gasteiger partial charge in [-0.15, -0.1) is 0 Å². The van der Waals surface area contributed by atoms with E-state index in [2.05, 4.69) is 38.3 Å². The molecule has 0 aromatic carbocycles. The first-order chi connectivity index (χ1) is 6.50. The molecule has 84 valence electrons. The molecule has 0 aliphatic carbocycles. The summed E-state index contributed by atoms with van der Waals surface area (Å²) in [4.78, 5) is 0. The molecule has 0 radical (unpaired) electrons. The van der Waals surface area contributed by atoms with Crippen LogP contribution in [0.25, 0.3) is 0 Å². The van der Waals surface area contributed by atoms with Crippen LogP contribution in [0.15, 0.2) is 0 Å². The van der Waals surface area contributed by atoms with Gasteiger partial charge in [-0.05, 0) is 37.3 Å². The standard InChI is InChI=1S/C12H26N2/c1-10(12(2,3)4)8-14-11-6-5-7-13-9-11/h10-11,13-14H,5-9H2,1-4H3. The fourth-order valence-electron chi connectivity index (χ4n) is 1.68. The second-order valence-electron chi connectivity index (χ2n) is 5.72. The number of rotatable bonds is 3. The van der Waals surface area contributed by atoms with Crippen molar-refractivity contribution in [3.8, 4) is 0 Å². The zero-order valence-corrected chi connectivity index (χ0v) is 10.2. The number of nitrogens with one attached hydrogen (secondary N) is 2. The highest BCUT2D eigenvalue weighted by molar-refractivity contribution is 4.78. The van der Waals surface area contributed by atoms with Crippen LogP contribution >= 0.6 is 0 Å². The maximum Gasteiger partial charge on any atom is 0.0193 e. The Labute approximate surface area is 88.8 Å². The normalized spacial score (nSPS) is 26.1. The Morgan fingerprint density at radius 3 is 2.64 bits per heavy atom. The van der Waals surface area contributed by atoms with E-state index >= 15 is 0 Å². The lowest BCUT2D eigenvalue weighted by atomic mass is 9.82. The van der Waals surface area contributed by atoms with Crippen molar-refractivity contribution in [2.75, 3.05) is 19.6 Å². The van der Waals surface area contributed by atoms with Gasteiger partial charge in [-0.2, -0.15) is 0 Å². The van der Waals surface area contributed by atoms with Gasteiger partial charge in [0.05, 0.1) is 0 Å². The topological polar surface area (TPSA) is 24.1 Å². The molecule has 2 N–H and O–H groups in total. The van der Waals surface area contributed by atoms with E-state index in [1.54, 1.807) is 0 Å². The minimum absolute atomic E-state index is 0.426. The van der Waals surface area contributed by atoms with Gasteiger partial charge in [-0.25, -0.2) is 0 Å². The number of piperidine rings is 1. The maximum absolute atomic E-state index is 3.67. The lowest BCUT2D eigenvalue weighted by Gasteiger charge is -2.31. The van der Waals surface area contributed by atoms with Gasteiger partial charge >= 0.3 is 0 Å². The van der Waals surface area contributed by atoms with Gasteiger partial charge < -0.3 is 10.6 Å². The molecule has 0 bridgehead atoms. The van der Waals surface area contributed by atoms with Crippen molar-refractivity contribution in [1.82, 2.24) is 10.6 Å². The van der Waals surface area contributed by atoms with E-state index in [0.29, 0.717) is 11.5 Å². The van der Waals surface area contributed by atoms with Crippen LogP contribution in [-0.2, 0) is 0 Å². The minimum atomic E-state index is 0.426. The largest absolute Gasteiger partial charge is 0.315 e. The highest BCUT2D eigenvalue weighted by Crippen LogP contribution is 2.24. The SMILES string of the molecule is CC(CNC1CCCNC1)C(C)(C)C. The zero-order chi connectivity index (χ0) is 10.6. The molecule has 0 saturated carbocycles. The Balaban J connectivity index is 2.19. The van der Waals surface area contributed by atoms with Crippen LogP contribution in [0.4, 0.5) is 0 Å². The molecular formula is C12H26N2. The van der Waals surface area contributed by atoms with Crippen LogP contribution in [0.2, 0.25) is 0 Å². The van der Waals surface area contributed by atoms with Gasteiger partial charge in [0, 0.05) is 12.6 Å². The summed E-state index contributed by atoms with van der Waals surface area (Å²) in [5.41, 5.74) is 0.426. The minimum Gasteiger partial charge on any atom is -0.315 e. The summed E-state index contributed by atoms with van der Waals surface area (Å²) in [5, 5.41) is 7.10. The van der Waals surface area contributed by atoms with Crippen molar-refractivity contribution in [3.05, 3.63) is 0 Å². The molecule has 1 heterocycles. The van der Waals surface area contributed by atoms with E-state index in [1.165, 1.54) is 19.4 Å². The van der Waals surface area contributed by atoms with Gasteiger partial charge in [-0.1, -0.05) is 27.7 Å². The van der Waals surface area contributed by atoms with Gasteiger partial charge in [0.2, 0.25) is 0 Å². The fraction of sp³-hybridized carbons (Fsp3) is 1.00. The maximum atomic E-state index is 3.67. The van der Waals surface area contributed by atoms with E-state index in [1.807, 2.05) is 0 Å². The average molecular weight is 198 g/mol. The second-order valence-corrected chi connectivity index (χ2v) is 5.72. The molecule has 2 unspecified atom stereocenters. The first-order valence-corrected chi connectivity index (χ1v) is 5.94. The third-order valence-electron chi connectivity index (χ3n) is 3.49. The fourth-order valence-corrected chi connectivity index (χ4v) is 1.68. The van der Waals surface area contributed by atoms with Crippen molar-refractivity contribution in [2.45, 2.75) is 46.6 Å². The highest BCUT2D eigenvalue weighted by atomic mass is 15.0. The smallest absolute Gasteiger partial charge is 0.0193 e. The van der Waals surface area contributed by atoms with E-state index in [9.17, 15) is 0 Å². The number of hydrogen-bond donors (Lipinski definition) is 2. The molecular weight excluding hydrogens is 172 g/mol. The van der Waals surface area contributed by atoms with Crippen LogP contribution in [0.1, 0.15) is 40.5 Å². The molecule has 2 heteroatoms. The molecule has 0 aromatic rings. The van der Waals surface area contributed by atoms with E-state index in [-0.39, 0.29) is 0 Å². The second kappa shape index (κ2) is 5.13. The predicted molar refractivity (Wildman–Crippen MR) is 62.5 cm³/mol. The van der Waals surface area contributed by atoms with Crippen molar-refractivity contribution >= 4 is 0 Å². The summed E-state index contributed by atoms with van der Waals surface area (Å²) in [7, 11) is 0.